The third-order valence-corrected chi connectivity index (χ3v) is 4.07. The van der Waals surface area contributed by atoms with E-state index in [-0.39, 0.29) is 43.3 Å². The van der Waals surface area contributed by atoms with E-state index in [1.165, 1.54) is 14.2 Å². The highest BCUT2D eigenvalue weighted by Crippen LogP contribution is 2.52. The van der Waals surface area contributed by atoms with Crippen LogP contribution in [0.3, 0.4) is 0 Å². The maximum atomic E-state index is 11.8. The Morgan fingerprint density at radius 3 is 2.54 bits per heavy atom. The number of hydrogen-bond donors (Lipinski definition) is 0. The second-order valence-corrected chi connectivity index (χ2v) is 5.54. The summed E-state index contributed by atoms with van der Waals surface area (Å²) in [6, 6.07) is 0. The molecule has 0 saturated heterocycles. The second kappa shape index (κ2) is 7.51. The van der Waals surface area contributed by atoms with Gasteiger partial charge in [-0.1, -0.05) is 5.16 Å². The van der Waals surface area contributed by atoms with E-state index >= 15 is 0 Å². The van der Waals surface area contributed by atoms with Gasteiger partial charge in [0.25, 0.3) is 0 Å². The molecule has 2 aliphatic heterocycles. The van der Waals surface area contributed by atoms with Crippen LogP contribution in [-0.2, 0) is 20.8 Å². The Morgan fingerprint density at radius 2 is 1.92 bits per heavy atom. The number of hydrogen-bond acceptors (Lipinski definition) is 9. The molecule has 0 aromatic heterocycles. The highest BCUT2D eigenvalue weighted by molar-refractivity contribution is 6.36. The summed E-state index contributed by atoms with van der Waals surface area (Å²) in [5.41, 5.74) is 1.02. The number of oxime groups is 1. The second-order valence-electron chi connectivity index (χ2n) is 5.54. The average molecular weight is 365 g/mol. The van der Waals surface area contributed by atoms with Gasteiger partial charge in [0.1, 0.15) is 6.10 Å². The van der Waals surface area contributed by atoms with E-state index in [2.05, 4.69) is 5.16 Å². The molecule has 9 heteroatoms. The predicted octanol–water partition coefficient (Wildman–Crippen LogP) is 1.50. The first kappa shape index (κ1) is 17.8. The molecule has 0 radical (unpaired) electrons. The van der Waals surface area contributed by atoms with E-state index < -0.39 is 12.1 Å². The summed E-state index contributed by atoms with van der Waals surface area (Å²) in [6.07, 6.45) is 0.737. The first-order valence-electron chi connectivity index (χ1n) is 8.05. The van der Waals surface area contributed by atoms with E-state index in [0.717, 1.165) is 0 Å². The highest BCUT2D eigenvalue weighted by Gasteiger charge is 2.35. The van der Waals surface area contributed by atoms with Crippen molar-refractivity contribution in [2.45, 2.75) is 25.9 Å². The molecule has 0 unspecified atom stereocenters. The number of fused-ring (bicyclic) bond motifs is 1. The van der Waals surface area contributed by atoms with Crippen molar-refractivity contribution in [1.82, 2.24) is 0 Å². The molecule has 2 heterocycles. The van der Waals surface area contributed by atoms with Crippen molar-refractivity contribution in [3.05, 3.63) is 11.1 Å². The SMILES string of the molecule is CCOC(=O)C1=NO[C@H](Cc2c(C=O)c(OC)c3c(c2OC)OCO3)C1. The monoisotopic (exact) mass is 365 g/mol. The van der Waals surface area contributed by atoms with Crippen LogP contribution in [0, 0.1) is 0 Å². The van der Waals surface area contributed by atoms with Crippen molar-refractivity contribution in [3.8, 4) is 23.0 Å². The minimum atomic E-state index is -0.513. The quantitative estimate of drug-likeness (QED) is 0.529. The molecule has 0 saturated carbocycles. The standard InChI is InChI=1S/C17H19NO8/c1-4-23-17(20)12-6-9(26-18-12)5-10-11(7-19)14(22-3)16-15(13(10)21-2)24-8-25-16/h7,9H,4-6,8H2,1-3H3/t9-/m1/s1. The Labute approximate surface area is 149 Å². The van der Waals surface area contributed by atoms with Crippen molar-refractivity contribution >= 4 is 18.0 Å². The molecule has 1 aromatic carbocycles. The van der Waals surface area contributed by atoms with Gasteiger partial charge in [-0.15, -0.1) is 0 Å². The van der Waals surface area contributed by atoms with Gasteiger partial charge in [-0.3, -0.25) is 4.79 Å². The van der Waals surface area contributed by atoms with Crippen molar-refractivity contribution in [3.63, 3.8) is 0 Å². The van der Waals surface area contributed by atoms with Gasteiger partial charge in [0, 0.05) is 18.4 Å². The van der Waals surface area contributed by atoms with Gasteiger partial charge < -0.3 is 28.5 Å². The summed E-state index contributed by atoms with van der Waals surface area (Å²) in [6.45, 7) is 1.97. The molecule has 0 aliphatic carbocycles. The average Bonchev–Trinajstić information content (AvgIpc) is 3.30. The lowest BCUT2D eigenvalue weighted by Gasteiger charge is -2.18. The summed E-state index contributed by atoms with van der Waals surface area (Å²) in [5, 5.41) is 3.78. The molecule has 9 nitrogen and oxygen atoms in total. The number of ether oxygens (including phenoxy) is 5. The first-order chi connectivity index (χ1) is 12.6. The molecule has 0 fully saturated rings. The van der Waals surface area contributed by atoms with E-state index in [0.29, 0.717) is 29.1 Å². The van der Waals surface area contributed by atoms with E-state index in [4.69, 9.17) is 28.5 Å². The zero-order chi connectivity index (χ0) is 18.7. The smallest absolute Gasteiger partial charge is 0.356 e. The number of aldehydes is 1. The fraction of sp³-hybridized carbons (Fsp3) is 0.471. The summed E-state index contributed by atoms with van der Waals surface area (Å²) in [4.78, 5) is 28.8. The number of carbonyl (C=O) groups is 2. The summed E-state index contributed by atoms with van der Waals surface area (Å²) >= 11 is 0. The lowest BCUT2D eigenvalue weighted by atomic mass is 9.96. The molecule has 140 valence electrons. The van der Waals surface area contributed by atoms with Crippen LogP contribution in [0.15, 0.2) is 5.16 Å². The van der Waals surface area contributed by atoms with Crippen LogP contribution in [-0.4, -0.2) is 51.7 Å². The first-order valence-corrected chi connectivity index (χ1v) is 8.05. The van der Waals surface area contributed by atoms with Gasteiger partial charge in [0.2, 0.25) is 18.3 Å². The number of esters is 1. The Hall–Kier alpha value is -2.97. The van der Waals surface area contributed by atoms with Gasteiger partial charge in [-0.25, -0.2) is 4.79 Å². The molecular formula is C17H19NO8. The predicted molar refractivity (Wildman–Crippen MR) is 88.3 cm³/mol. The van der Waals surface area contributed by atoms with Crippen molar-refractivity contribution in [2.75, 3.05) is 27.6 Å². The summed E-state index contributed by atoms with van der Waals surface area (Å²) in [5.74, 6) is 0.822. The van der Waals surface area contributed by atoms with Crippen LogP contribution in [0.2, 0.25) is 0 Å². The van der Waals surface area contributed by atoms with Crippen LogP contribution in [0.5, 0.6) is 23.0 Å². The Bertz CT molecular complexity index is 758. The minimum absolute atomic E-state index is 0.000149. The van der Waals surface area contributed by atoms with Crippen LogP contribution >= 0.6 is 0 Å². The van der Waals surface area contributed by atoms with E-state index in [1.807, 2.05) is 0 Å². The Balaban J connectivity index is 1.91. The summed E-state index contributed by atoms with van der Waals surface area (Å²) in [7, 11) is 2.91. The molecule has 1 aromatic rings. The molecule has 0 spiro atoms. The van der Waals surface area contributed by atoms with Gasteiger partial charge in [0.15, 0.2) is 23.5 Å². The molecular weight excluding hydrogens is 346 g/mol. The normalized spacial score (nSPS) is 17.3. The third kappa shape index (κ3) is 3.00. The van der Waals surface area contributed by atoms with E-state index in [9.17, 15) is 9.59 Å². The molecule has 26 heavy (non-hydrogen) atoms. The molecule has 0 N–H and O–H groups in total. The molecule has 2 aliphatic rings. The molecule has 0 amide bonds. The van der Waals surface area contributed by atoms with Crippen LogP contribution in [0.4, 0.5) is 0 Å². The van der Waals surface area contributed by atoms with Crippen molar-refractivity contribution < 1.29 is 38.1 Å². The van der Waals surface area contributed by atoms with Crippen LogP contribution in [0.25, 0.3) is 0 Å². The molecule has 0 bridgehead atoms. The number of methoxy groups -OCH3 is 2. The maximum Gasteiger partial charge on any atom is 0.356 e. The van der Waals surface area contributed by atoms with Gasteiger partial charge in [-0.05, 0) is 6.92 Å². The zero-order valence-electron chi connectivity index (χ0n) is 14.7. The fourth-order valence-electron chi connectivity index (χ4n) is 2.98. The van der Waals surface area contributed by atoms with Crippen LogP contribution < -0.4 is 18.9 Å². The van der Waals surface area contributed by atoms with Gasteiger partial charge in [0.05, 0.1) is 26.4 Å². The molecule has 1 atom stereocenters. The topological polar surface area (TPSA) is 102 Å². The van der Waals surface area contributed by atoms with E-state index in [1.54, 1.807) is 6.92 Å². The van der Waals surface area contributed by atoms with Gasteiger partial charge >= 0.3 is 5.97 Å². The number of benzene rings is 1. The fourth-order valence-corrected chi connectivity index (χ4v) is 2.98. The van der Waals surface area contributed by atoms with Crippen LogP contribution in [0.1, 0.15) is 29.3 Å². The number of carbonyl (C=O) groups excluding carboxylic acids is 2. The lowest BCUT2D eigenvalue weighted by Crippen LogP contribution is -2.20. The van der Waals surface area contributed by atoms with Gasteiger partial charge in [-0.2, -0.15) is 0 Å². The largest absolute Gasteiger partial charge is 0.492 e. The summed E-state index contributed by atoms with van der Waals surface area (Å²) < 4.78 is 26.6. The Kier molecular flexibility index (Phi) is 5.15. The highest BCUT2D eigenvalue weighted by atomic mass is 16.7. The zero-order valence-corrected chi connectivity index (χ0v) is 14.7. The molecule has 3 rings (SSSR count). The van der Waals surface area contributed by atoms with Crippen molar-refractivity contribution in [1.29, 1.82) is 0 Å². The third-order valence-electron chi connectivity index (χ3n) is 4.07. The van der Waals surface area contributed by atoms with Crippen molar-refractivity contribution in [2.24, 2.45) is 5.16 Å². The minimum Gasteiger partial charge on any atom is -0.492 e. The lowest BCUT2D eigenvalue weighted by molar-refractivity contribution is -0.135. The maximum absolute atomic E-state index is 11.8. The number of nitrogens with zero attached hydrogens (tertiary/aromatic N) is 1. The number of rotatable bonds is 7. The Morgan fingerprint density at radius 1 is 1.23 bits per heavy atom.